The van der Waals surface area contributed by atoms with Crippen molar-refractivity contribution in [1.82, 2.24) is 4.57 Å². The molecule has 1 N–H and O–H groups in total. The van der Waals surface area contributed by atoms with E-state index >= 15 is 0 Å². The van der Waals surface area contributed by atoms with Crippen LogP contribution in [0, 0.1) is 6.92 Å². The predicted octanol–water partition coefficient (Wildman–Crippen LogP) is 5.72. The fourth-order valence-corrected chi connectivity index (χ4v) is 4.07. The van der Waals surface area contributed by atoms with E-state index in [4.69, 9.17) is 9.15 Å². The predicted molar refractivity (Wildman–Crippen MR) is 128 cm³/mol. The Morgan fingerprint density at radius 1 is 0.939 bits per heavy atom. The second-order valence-corrected chi connectivity index (χ2v) is 7.93. The molecule has 1 amide bonds. The van der Waals surface area contributed by atoms with Crippen LogP contribution in [0.1, 0.15) is 32.2 Å². The van der Waals surface area contributed by atoms with Gasteiger partial charge < -0.3 is 19.0 Å². The number of aromatic nitrogens is 1. The van der Waals surface area contributed by atoms with E-state index in [1.54, 1.807) is 35.9 Å². The summed E-state index contributed by atoms with van der Waals surface area (Å²) in [6, 6.07) is 22.0. The van der Waals surface area contributed by atoms with Gasteiger partial charge in [0.2, 0.25) is 5.78 Å². The summed E-state index contributed by atoms with van der Waals surface area (Å²) in [4.78, 5) is 26.7. The van der Waals surface area contributed by atoms with Crippen molar-refractivity contribution in [3.63, 3.8) is 0 Å². The molecule has 0 saturated heterocycles. The molecule has 5 rings (SSSR count). The molecule has 6 heteroatoms. The monoisotopic (exact) mass is 438 g/mol. The highest BCUT2D eigenvalue weighted by Gasteiger charge is 2.25. The summed E-state index contributed by atoms with van der Waals surface area (Å²) in [5, 5.41) is 4.43. The number of nitrogens with zero attached hydrogens (tertiary/aromatic N) is 1. The van der Waals surface area contributed by atoms with Crippen molar-refractivity contribution < 1.29 is 18.7 Å². The normalized spacial score (nSPS) is 11.1. The number of carbonyl (C=O) groups is 2. The summed E-state index contributed by atoms with van der Waals surface area (Å²) in [5.74, 6) is 0.149. The summed E-state index contributed by atoms with van der Waals surface area (Å²) < 4.78 is 13.2. The van der Waals surface area contributed by atoms with Gasteiger partial charge in [0.05, 0.1) is 18.3 Å². The largest absolute Gasteiger partial charge is 0.496 e. The first-order chi connectivity index (χ1) is 16.0. The van der Waals surface area contributed by atoms with Crippen LogP contribution in [-0.2, 0) is 7.05 Å². The first kappa shape index (κ1) is 20.6. The summed E-state index contributed by atoms with van der Waals surface area (Å²) in [7, 11) is 3.42. The lowest BCUT2D eigenvalue weighted by Crippen LogP contribution is -2.17. The number of ketones is 1. The van der Waals surface area contributed by atoms with Gasteiger partial charge in [-0.15, -0.1) is 0 Å². The lowest BCUT2D eigenvalue weighted by molar-refractivity contribution is 0.101. The number of anilines is 1. The molecule has 0 atom stereocenters. The van der Waals surface area contributed by atoms with Crippen LogP contribution in [0.15, 0.2) is 77.2 Å². The number of hydrogen-bond acceptors (Lipinski definition) is 4. The summed E-state index contributed by atoms with van der Waals surface area (Å²) >= 11 is 0. The Kier molecular flexibility index (Phi) is 4.98. The Hall–Kier alpha value is -4.32. The van der Waals surface area contributed by atoms with Gasteiger partial charge in [-0.2, -0.15) is 0 Å². The Bertz CT molecular complexity index is 1520. The number of fused-ring (bicyclic) bond motifs is 2. The molecule has 0 aliphatic rings. The van der Waals surface area contributed by atoms with Gasteiger partial charge in [0.15, 0.2) is 5.76 Å². The molecule has 0 fully saturated rings. The van der Waals surface area contributed by atoms with Gasteiger partial charge in [0, 0.05) is 23.4 Å². The van der Waals surface area contributed by atoms with E-state index in [0.717, 1.165) is 16.5 Å². The Labute approximate surface area is 190 Å². The molecule has 164 valence electrons. The van der Waals surface area contributed by atoms with Gasteiger partial charge in [-0.25, -0.2) is 0 Å². The lowest BCUT2D eigenvalue weighted by atomic mass is 10.1. The number of rotatable bonds is 5. The second kappa shape index (κ2) is 7.98. The van der Waals surface area contributed by atoms with E-state index in [1.807, 2.05) is 62.5 Å². The number of furan rings is 1. The lowest BCUT2D eigenvalue weighted by Gasteiger charge is -2.08. The quantitative estimate of drug-likeness (QED) is 0.356. The third kappa shape index (κ3) is 3.46. The molecule has 2 heterocycles. The fraction of sp³-hybridized carbons (Fsp3) is 0.111. The summed E-state index contributed by atoms with van der Waals surface area (Å²) in [5.41, 5.74) is 3.74. The number of methoxy groups -OCH3 is 1. The van der Waals surface area contributed by atoms with Crippen molar-refractivity contribution in [3.05, 3.63) is 95.4 Å². The van der Waals surface area contributed by atoms with E-state index in [-0.39, 0.29) is 17.5 Å². The topological polar surface area (TPSA) is 73.5 Å². The SMILES string of the molecule is COc1cccc2c1cc(C(=O)Nc1c(C(=O)c3ccc(C)cc3)oc3ccccc13)n2C. The van der Waals surface area contributed by atoms with E-state index in [1.165, 1.54) is 0 Å². The smallest absolute Gasteiger partial charge is 0.272 e. The van der Waals surface area contributed by atoms with Gasteiger partial charge in [0.1, 0.15) is 17.0 Å². The van der Waals surface area contributed by atoms with E-state index in [0.29, 0.717) is 33.7 Å². The zero-order valence-electron chi connectivity index (χ0n) is 18.5. The van der Waals surface area contributed by atoms with Crippen molar-refractivity contribution in [2.75, 3.05) is 12.4 Å². The molecule has 0 spiro atoms. The molecule has 0 aliphatic carbocycles. The van der Waals surface area contributed by atoms with Crippen molar-refractivity contribution in [3.8, 4) is 5.75 Å². The number of para-hydroxylation sites is 1. The van der Waals surface area contributed by atoms with Crippen LogP contribution in [-0.4, -0.2) is 23.4 Å². The standard InChI is InChI=1S/C27H22N2O4/c1-16-11-13-17(14-12-16)25(30)26-24(18-7-4-5-9-23(18)33-26)28-27(31)21-15-19-20(29(21)2)8-6-10-22(19)32-3/h4-15H,1-3H3,(H,28,31). The van der Waals surface area contributed by atoms with Crippen LogP contribution >= 0.6 is 0 Å². The molecule has 0 bridgehead atoms. The van der Waals surface area contributed by atoms with Crippen LogP contribution in [0.25, 0.3) is 21.9 Å². The Morgan fingerprint density at radius 2 is 1.70 bits per heavy atom. The van der Waals surface area contributed by atoms with Gasteiger partial charge in [-0.1, -0.05) is 48.0 Å². The van der Waals surface area contributed by atoms with Crippen LogP contribution in [0.2, 0.25) is 0 Å². The number of carbonyl (C=O) groups excluding carboxylic acids is 2. The maximum Gasteiger partial charge on any atom is 0.272 e. The number of amides is 1. The van der Waals surface area contributed by atoms with Gasteiger partial charge >= 0.3 is 0 Å². The molecule has 5 aromatic rings. The summed E-state index contributed by atoms with van der Waals surface area (Å²) in [6.07, 6.45) is 0. The average molecular weight is 438 g/mol. The molecule has 0 unspecified atom stereocenters. The first-order valence-corrected chi connectivity index (χ1v) is 10.5. The minimum absolute atomic E-state index is 0.102. The van der Waals surface area contributed by atoms with E-state index < -0.39 is 0 Å². The number of ether oxygens (including phenoxy) is 1. The van der Waals surface area contributed by atoms with Crippen LogP contribution in [0.4, 0.5) is 5.69 Å². The third-order valence-corrected chi connectivity index (χ3v) is 5.85. The highest BCUT2D eigenvalue weighted by molar-refractivity contribution is 6.19. The van der Waals surface area contributed by atoms with E-state index in [2.05, 4.69) is 5.32 Å². The average Bonchev–Trinajstić information content (AvgIpc) is 3.37. The van der Waals surface area contributed by atoms with Crippen LogP contribution in [0.3, 0.4) is 0 Å². The molecule has 2 aromatic heterocycles. The number of hydrogen-bond donors (Lipinski definition) is 1. The molecular formula is C27H22N2O4. The minimum Gasteiger partial charge on any atom is -0.496 e. The molecule has 3 aromatic carbocycles. The van der Waals surface area contributed by atoms with Crippen molar-refractivity contribution in [2.45, 2.75) is 6.92 Å². The molecular weight excluding hydrogens is 416 g/mol. The first-order valence-electron chi connectivity index (χ1n) is 10.5. The maximum atomic E-state index is 13.4. The van der Waals surface area contributed by atoms with Crippen molar-refractivity contribution >= 4 is 39.2 Å². The van der Waals surface area contributed by atoms with Gasteiger partial charge in [0.25, 0.3) is 5.91 Å². The Morgan fingerprint density at radius 3 is 2.45 bits per heavy atom. The maximum absolute atomic E-state index is 13.4. The molecule has 0 radical (unpaired) electrons. The highest BCUT2D eigenvalue weighted by atomic mass is 16.5. The number of nitrogens with one attached hydrogen (secondary N) is 1. The highest BCUT2D eigenvalue weighted by Crippen LogP contribution is 2.34. The fourth-order valence-electron chi connectivity index (χ4n) is 4.07. The Balaban J connectivity index is 1.59. The van der Waals surface area contributed by atoms with E-state index in [9.17, 15) is 9.59 Å². The van der Waals surface area contributed by atoms with Gasteiger partial charge in [-0.3, -0.25) is 9.59 Å². The van der Waals surface area contributed by atoms with Gasteiger partial charge in [-0.05, 0) is 37.3 Å². The summed E-state index contributed by atoms with van der Waals surface area (Å²) in [6.45, 7) is 1.96. The number of benzene rings is 3. The molecule has 33 heavy (non-hydrogen) atoms. The zero-order valence-corrected chi connectivity index (χ0v) is 18.5. The molecule has 6 nitrogen and oxygen atoms in total. The van der Waals surface area contributed by atoms with Crippen LogP contribution in [0.5, 0.6) is 5.75 Å². The second-order valence-electron chi connectivity index (χ2n) is 7.93. The molecule has 0 aliphatic heterocycles. The van der Waals surface area contributed by atoms with Crippen molar-refractivity contribution in [1.29, 1.82) is 0 Å². The number of aryl methyl sites for hydroxylation is 2. The third-order valence-electron chi connectivity index (χ3n) is 5.85. The zero-order chi connectivity index (χ0) is 23.1. The van der Waals surface area contributed by atoms with Crippen LogP contribution < -0.4 is 10.1 Å². The molecule has 0 saturated carbocycles. The van der Waals surface area contributed by atoms with Crippen molar-refractivity contribution in [2.24, 2.45) is 7.05 Å². The minimum atomic E-state index is -0.347.